The van der Waals surface area contributed by atoms with E-state index in [1.54, 1.807) is 11.3 Å². The van der Waals surface area contributed by atoms with Crippen molar-refractivity contribution in [1.82, 2.24) is 9.97 Å². The van der Waals surface area contributed by atoms with E-state index in [1.165, 1.54) is 18.4 Å². The van der Waals surface area contributed by atoms with Gasteiger partial charge in [-0.25, -0.2) is 9.97 Å². The fraction of sp³-hybridized carbons (Fsp3) is 0.333. The van der Waals surface area contributed by atoms with Crippen molar-refractivity contribution in [2.24, 2.45) is 0 Å². The smallest absolute Gasteiger partial charge is 0.134 e. The molecule has 2 heterocycles. The first kappa shape index (κ1) is 9.78. The Balaban J connectivity index is 2.06. The Hall–Kier alpha value is -1.42. The lowest BCUT2D eigenvalue weighted by atomic mass is 10.2. The lowest BCUT2D eigenvalue weighted by molar-refractivity contribution is 0.932. The third-order valence-corrected chi connectivity index (χ3v) is 3.44. The maximum atomic E-state index is 4.64. The summed E-state index contributed by atoms with van der Waals surface area (Å²) in [5.41, 5.74) is 2.22. The van der Waals surface area contributed by atoms with E-state index < -0.39 is 0 Å². The first-order chi connectivity index (χ1) is 7.86. The zero-order valence-corrected chi connectivity index (χ0v) is 9.92. The van der Waals surface area contributed by atoms with Crippen molar-refractivity contribution in [3.05, 3.63) is 28.7 Å². The second-order valence-electron chi connectivity index (χ2n) is 4.03. The van der Waals surface area contributed by atoms with Crippen LogP contribution in [0.4, 0.5) is 5.82 Å². The number of rotatable bonds is 3. The number of thiophene rings is 1. The minimum Gasteiger partial charge on any atom is -0.373 e. The highest BCUT2D eigenvalue weighted by Crippen LogP contribution is 2.39. The van der Waals surface area contributed by atoms with Crippen LogP contribution in [0, 0.1) is 0 Å². The van der Waals surface area contributed by atoms with Crippen LogP contribution in [-0.2, 0) is 0 Å². The van der Waals surface area contributed by atoms with Crippen LogP contribution in [-0.4, -0.2) is 17.0 Å². The number of hydrogen-bond acceptors (Lipinski definition) is 4. The van der Waals surface area contributed by atoms with E-state index in [0.717, 1.165) is 17.3 Å². The molecule has 1 saturated carbocycles. The third kappa shape index (κ3) is 1.80. The first-order valence-electron chi connectivity index (χ1n) is 5.46. The molecule has 0 bridgehead atoms. The molecule has 0 unspecified atom stereocenters. The van der Waals surface area contributed by atoms with Crippen LogP contribution in [0.2, 0.25) is 0 Å². The van der Waals surface area contributed by atoms with Gasteiger partial charge < -0.3 is 5.32 Å². The number of aromatic nitrogens is 2. The topological polar surface area (TPSA) is 37.8 Å². The van der Waals surface area contributed by atoms with Gasteiger partial charge in [-0.3, -0.25) is 0 Å². The quantitative estimate of drug-likeness (QED) is 0.882. The van der Waals surface area contributed by atoms with Gasteiger partial charge in [-0.1, -0.05) is 0 Å². The van der Waals surface area contributed by atoms with Crippen LogP contribution >= 0.6 is 11.3 Å². The average molecular weight is 231 g/mol. The highest BCUT2D eigenvalue weighted by Gasteiger charge is 2.27. The second kappa shape index (κ2) is 3.87. The fourth-order valence-electron chi connectivity index (χ4n) is 1.68. The molecular formula is C12H13N3S. The Kier molecular flexibility index (Phi) is 2.36. The Bertz CT molecular complexity index is 489. The van der Waals surface area contributed by atoms with E-state index in [-0.39, 0.29) is 0 Å². The molecule has 1 N–H and O–H groups in total. The molecule has 1 aliphatic rings. The van der Waals surface area contributed by atoms with E-state index >= 15 is 0 Å². The number of anilines is 1. The molecule has 0 saturated heterocycles. The average Bonchev–Trinajstić information content (AvgIpc) is 3.04. The molecule has 0 radical (unpaired) electrons. The summed E-state index contributed by atoms with van der Waals surface area (Å²) in [5.74, 6) is 2.50. The number of nitrogens with one attached hydrogen (secondary N) is 1. The van der Waals surface area contributed by atoms with Crippen LogP contribution in [0.25, 0.3) is 11.3 Å². The van der Waals surface area contributed by atoms with E-state index in [2.05, 4.69) is 32.1 Å². The summed E-state index contributed by atoms with van der Waals surface area (Å²) in [4.78, 5) is 9.15. The van der Waals surface area contributed by atoms with E-state index in [0.29, 0.717) is 5.92 Å². The van der Waals surface area contributed by atoms with Crippen molar-refractivity contribution >= 4 is 17.2 Å². The predicted molar refractivity (Wildman–Crippen MR) is 66.9 cm³/mol. The van der Waals surface area contributed by atoms with E-state index in [4.69, 9.17) is 0 Å². The SMILES string of the molecule is CNc1cc(-c2ccsc2)nc(C2CC2)n1. The fourth-order valence-corrected chi connectivity index (χ4v) is 2.33. The summed E-state index contributed by atoms with van der Waals surface area (Å²) in [6, 6.07) is 4.11. The van der Waals surface area contributed by atoms with Crippen molar-refractivity contribution < 1.29 is 0 Å². The molecule has 4 heteroatoms. The van der Waals surface area contributed by atoms with Gasteiger partial charge in [0.15, 0.2) is 0 Å². The Morgan fingerprint density at radius 2 is 2.25 bits per heavy atom. The molecular weight excluding hydrogens is 218 g/mol. The normalized spacial score (nSPS) is 15.1. The standard InChI is InChI=1S/C12H13N3S/c1-13-11-6-10(9-4-5-16-7-9)14-12(15-11)8-2-3-8/h4-8H,2-3H2,1H3,(H,13,14,15). The number of hydrogen-bond donors (Lipinski definition) is 1. The van der Waals surface area contributed by atoms with Gasteiger partial charge in [0.2, 0.25) is 0 Å². The van der Waals surface area contributed by atoms with Gasteiger partial charge in [0, 0.05) is 30.0 Å². The lowest BCUT2D eigenvalue weighted by Gasteiger charge is -2.05. The third-order valence-electron chi connectivity index (χ3n) is 2.76. The van der Waals surface area contributed by atoms with Crippen LogP contribution in [0.15, 0.2) is 22.9 Å². The van der Waals surface area contributed by atoms with Crippen molar-refractivity contribution in [2.75, 3.05) is 12.4 Å². The summed E-state index contributed by atoms with van der Waals surface area (Å²) in [6.45, 7) is 0. The minimum atomic E-state index is 0.589. The molecule has 2 aromatic rings. The molecule has 3 nitrogen and oxygen atoms in total. The highest BCUT2D eigenvalue weighted by atomic mass is 32.1. The molecule has 16 heavy (non-hydrogen) atoms. The molecule has 0 aromatic carbocycles. The Morgan fingerprint density at radius 1 is 1.38 bits per heavy atom. The van der Waals surface area contributed by atoms with Gasteiger partial charge in [0.05, 0.1) is 5.69 Å². The van der Waals surface area contributed by atoms with Gasteiger partial charge in [-0.05, 0) is 24.3 Å². The zero-order chi connectivity index (χ0) is 11.0. The molecule has 0 aliphatic heterocycles. The van der Waals surface area contributed by atoms with Crippen LogP contribution in [0.3, 0.4) is 0 Å². The summed E-state index contributed by atoms with van der Waals surface area (Å²) < 4.78 is 0. The monoisotopic (exact) mass is 231 g/mol. The van der Waals surface area contributed by atoms with Crippen molar-refractivity contribution in [1.29, 1.82) is 0 Å². The molecule has 0 atom stereocenters. The molecule has 2 aromatic heterocycles. The molecule has 0 amide bonds. The van der Waals surface area contributed by atoms with E-state index in [1.807, 2.05) is 13.1 Å². The number of nitrogens with zero attached hydrogens (tertiary/aromatic N) is 2. The summed E-state index contributed by atoms with van der Waals surface area (Å²) in [7, 11) is 1.90. The second-order valence-corrected chi connectivity index (χ2v) is 4.81. The first-order valence-corrected chi connectivity index (χ1v) is 6.40. The van der Waals surface area contributed by atoms with Gasteiger partial charge in [-0.15, -0.1) is 0 Å². The largest absolute Gasteiger partial charge is 0.373 e. The summed E-state index contributed by atoms with van der Waals surface area (Å²) in [5, 5.41) is 7.30. The van der Waals surface area contributed by atoms with Gasteiger partial charge in [0.1, 0.15) is 11.6 Å². The minimum absolute atomic E-state index is 0.589. The maximum absolute atomic E-state index is 4.64. The van der Waals surface area contributed by atoms with Crippen LogP contribution in [0.1, 0.15) is 24.6 Å². The Morgan fingerprint density at radius 3 is 2.88 bits per heavy atom. The highest BCUT2D eigenvalue weighted by molar-refractivity contribution is 7.08. The summed E-state index contributed by atoms with van der Waals surface area (Å²) >= 11 is 1.70. The van der Waals surface area contributed by atoms with E-state index in [9.17, 15) is 0 Å². The molecule has 1 aliphatic carbocycles. The molecule has 3 rings (SSSR count). The molecule has 82 valence electrons. The Labute approximate surface area is 98.6 Å². The molecule has 0 spiro atoms. The summed E-state index contributed by atoms with van der Waals surface area (Å²) in [6.07, 6.45) is 2.46. The van der Waals surface area contributed by atoms with Crippen molar-refractivity contribution in [2.45, 2.75) is 18.8 Å². The van der Waals surface area contributed by atoms with Crippen LogP contribution in [0.5, 0.6) is 0 Å². The van der Waals surface area contributed by atoms with Gasteiger partial charge in [0.25, 0.3) is 0 Å². The zero-order valence-electron chi connectivity index (χ0n) is 9.10. The van der Waals surface area contributed by atoms with Gasteiger partial charge >= 0.3 is 0 Å². The lowest BCUT2D eigenvalue weighted by Crippen LogP contribution is -2.00. The van der Waals surface area contributed by atoms with Crippen LogP contribution < -0.4 is 5.32 Å². The van der Waals surface area contributed by atoms with Crippen molar-refractivity contribution in [3.63, 3.8) is 0 Å². The predicted octanol–water partition coefficient (Wildman–Crippen LogP) is 3.12. The maximum Gasteiger partial charge on any atom is 0.134 e. The van der Waals surface area contributed by atoms with Crippen molar-refractivity contribution in [3.8, 4) is 11.3 Å². The van der Waals surface area contributed by atoms with Gasteiger partial charge in [-0.2, -0.15) is 11.3 Å². The molecule has 1 fully saturated rings.